The summed E-state index contributed by atoms with van der Waals surface area (Å²) in [5.74, 6) is 1.39. The highest BCUT2D eigenvalue weighted by atomic mass is 35.5. The Morgan fingerprint density at radius 3 is 2.61 bits per heavy atom. The molecule has 1 aliphatic heterocycles. The van der Waals surface area contributed by atoms with Crippen molar-refractivity contribution in [1.29, 1.82) is 0 Å². The molecule has 1 aromatic heterocycles. The topological polar surface area (TPSA) is 63.1 Å². The zero-order valence-electron chi connectivity index (χ0n) is 17.3. The fraction of sp³-hybridized carbons (Fsp3) is 0.318. The quantitative estimate of drug-likeness (QED) is 0.444. The number of amides is 1. The third-order valence-corrected chi connectivity index (χ3v) is 7.09. The Kier molecular flexibility index (Phi) is 7.42. The van der Waals surface area contributed by atoms with Gasteiger partial charge in [-0.2, -0.15) is 0 Å². The molecule has 6 nitrogen and oxygen atoms in total. The second-order valence-corrected chi connectivity index (χ2v) is 9.43. The fourth-order valence-corrected chi connectivity index (χ4v) is 5.17. The highest BCUT2D eigenvalue weighted by Crippen LogP contribution is 2.32. The number of para-hydroxylation sites is 2. The number of anilines is 2. The van der Waals surface area contributed by atoms with Gasteiger partial charge < -0.3 is 10.2 Å². The zero-order valence-corrected chi connectivity index (χ0v) is 19.6. The number of benzene rings is 2. The van der Waals surface area contributed by atoms with Gasteiger partial charge in [-0.3, -0.25) is 9.36 Å². The molecule has 0 radical (unpaired) electrons. The van der Waals surface area contributed by atoms with Gasteiger partial charge in [0.1, 0.15) is 0 Å². The standard InChI is InChI=1S/C22H24ClN5OS2/c1-30-19-11-5-3-9-17(19)24-20(29)12-15-31-22-26-25-21(27-13-6-7-14-27)28(22)18-10-4-2-8-16(18)23/h2-5,8-11H,6-7,12-15H2,1H3,(H,24,29). The molecule has 0 spiro atoms. The maximum absolute atomic E-state index is 12.5. The van der Waals surface area contributed by atoms with Gasteiger partial charge >= 0.3 is 0 Å². The lowest BCUT2D eigenvalue weighted by atomic mass is 10.3. The van der Waals surface area contributed by atoms with Crippen LogP contribution in [0.2, 0.25) is 5.02 Å². The molecule has 1 aliphatic rings. The van der Waals surface area contributed by atoms with Crippen molar-refractivity contribution in [2.75, 3.05) is 35.3 Å². The molecule has 9 heteroatoms. The Bertz CT molecular complexity index is 1050. The largest absolute Gasteiger partial charge is 0.341 e. The summed E-state index contributed by atoms with van der Waals surface area (Å²) in [6, 6.07) is 15.5. The van der Waals surface area contributed by atoms with Crippen molar-refractivity contribution in [3.63, 3.8) is 0 Å². The molecule has 3 aromatic rings. The van der Waals surface area contributed by atoms with Crippen LogP contribution in [0, 0.1) is 0 Å². The van der Waals surface area contributed by atoms with E-state index in [1.54, 1.807) is 11.8 Å². The zero-order chi connectivity index (χ0) is 21.6. The van der Waals surface area contributed by atoms with Crippen molar-refractivity contribution >= 4 is 52.7 Å². The van der Waals surface area contributed by atoms with Gasteiger partial charge in [0.2, 0.25) is 11.9 Å². The summed E-state index contributed by atoms with van der Waals surface area (Å²) in [4.78, 5) is 15.8. The third kappa shape index (κ3) is 5.19. The molecule has 2 heterocycles. The number of hydrogen-bond acceptors (Lipinski definition) is 6. The molecule has 0 atom stereocenters. The average Bonchev–Trinajstić information content (AvgIpc) is 3.44. The third-order valence-electron chi connectivity index (χ3n) is 5.04. The van der Waals surface area contributed by atoms with Crippen LogP contribution in [-0.4, -0.2) is 45.8 Å². The minimum absolute atomic E-state index is 0.0161. The van der Waals surface area contributed by atoms with E-state index in [9.17, 15) is 4.79 Å². The number of thioether (sulfide) groups is 2. The van der Waals surface area contributed by atoms with Gasteiger partial charge in [-0.15, -0.1) is 22.0 Å². The molecule has 1 N–H and O–H groups in total. The summed E-state index contributed by atoms with van der Waals surface area (Å²) in [6.07, 6.45) is 4.67. The van der Waals surface area contributed by atoms with Gasteiger partial charge in [-0.1, -0.05) is 47.6 Å². The van der Waals surface area contributed by atoms with Crippen LogP contribution >= 0.6 is 35.1 Å². The Morgan fingerprint density at radius 2 is 1.84 bits per heavy atom. The predicted octanol–water partition coefficient (Wildman–Crippen LogP) is 5.36. The van der Waals surface area contributed by atoms with Gasteiger partial charge in [0.05, 0.1) is 16.4 Å². The molecule has 0 saturated carbocycles. The van der Waals surface area contributed by atoms with Crippen LogP contribution in [0.1, 0.15) is 19.3 Å². The van der Waals surface area contributed by atoms with Crippen molar-refractivity contribution in [2.45, 2.75) is 29.3 Å². The summed E-state index contributed by atoms with van der Waals surface area (Å²) in [5.41, 5.74) is 1.71. The van der Waals surface area contributed by atoms with Crippen LogP contribution in [0.25, 0.3) is 5.69 Å². The Labute approximate surface area is 195 Å². The lowest BCUT2D eigenvalue weighted by Gasteiger charge is -2.19. The average molecular weight is 474 g/mol. The van der Waals surface area contributed by atoms with E-state index in [1.807, 2.05) is 59.4 Å². The van der Waals surface area contributed by atoms with Crippen LogP contribution in [0.5, 0.6) is 0 Å². The molecule has 162 valence electrons. The number of carbonyl (C=O) groups excluding carboxylic acids is 1. The predicted molar refractivity (Wildman–Crippen MR) is 130 cm³/mol. The molecule has 1 amide bonds. The fourth-order valence-electron chi connectivity index (χ4n) is 3.52. The second-order valence-electron chi connectivity index (χ2n) is 7.11. The molecule has 0 aliphatic carbocycles. The first-order chi connectivity index (χ1) is 15.2. The Hall–Kier alpha value is -2.16. The number of aromatic nitrogens is 3. The van der Waals surface area contributed by atoms with E-state index in [0.29, 0.717) is 17.2 Å². The van der Waals surface area contributed by atoms with Gasteiger partial charge in [-0.05, 0) is 43.4 Å². The van der Waals surface area contributed by atoms with E-state index in [4.69, 9.17) is 11.6 Å². The lowest BCUT2D eigenvalue weighted by molar-refractivity contribution is -0.115. The molecule has 0 unspecified atom stereocenters. The van der Waals surface area contributed by atoms with E-state index in [1.165, 1.54) is 11.8 Å². The van der Waals surface area contributed by atoms with Crippen LogP contribution in [0.4, 0.5) is 11.6 Å². The van der Waals surface area contributed by atoms with E-state index in [0.717, 1.165) is 53.3 Å². The van der Waals surface area contributed by atoms with Gasteiger partial charge in [0, 0.05) is 30.2 Å². The first-order valence-electron chi connectivity index (χ1n) is 10.2. The summed E-state index contributed by atoms with van der Waals surface area (Å²) >= 11 is 9.63. The molecule has 2 aromatic carbocycles. The Balaban J connectivity index is 1.47. The van der Waals surface area contributed by atoms with Crippen LogP contribution in [0.3, 0.4) is 0 Å². The number of nitrogens with one attached hydrogen (secondary N) is 1. The highest BCUT2D eigenvalue weighted by Gasteiger charge is 2.23. The molecular weight excluding hydrogens is 450 g/mol. The highest BCUT2D eigenvalue weighted by molar-refractivity contribution is 7.99. The van der Waals surface area contributed by atoms with Gasteiger partial charge in [0.25, 0.3) is 0 Å². The molecular formula is C22H24ClN5OS2. The van der Waals surface area contributed by atoms with Crippen LogP contribution < -0.4 is 10.2 Å². The number of rotatable bonds is 8. The monoisotopic (exact) mass is 473 g/mol. The normalized spacial score (nSPS) is 13.5. The molecule has 4 rings (SSSR count). The minimum atomic E-state index is -0.0161. The van der Waals surface area contributed by atoms with Crippen molar-refractivity contribution < 1.29 is 4.79 Å². The summed E-state index contributed by atoms with van der Waals surface area (Å²) in [5, 5.41) is 13.3. The number of hydrogen-bond donors (Lipinski definition) is 1. The summed E-state index contributed by atoms with van der Waals surface area (Å²) < 4.78 is 2.01. The lowest BCUT2D eigenvalue weighted by Crippen LogP contribution is -2.22. The van der Waals surface area contributed by atoms with Crippen LogP contribution in [-0.2, 0) is 4.79 Å². The van der Waals surface area contributed by atoms with Gasteiger partial charge in [-0.25, -0.2) is 0 Å². The SMILES string of the molecule is CSc1ccccc1NC(=O)CCSc1nnc(N2CCCC2)n1-c1ccccc1Cl. The van der Waals surface area contributed by atoms with Crippen molar-refractivity contribution in [3.05, 3.63) is 53.6 Å². The number of nitrogens with zero attached hydrogens (tertiary/aromatic N) is 4. The summed E-state index contributed by atoms with van der Waals surface area (Å²) in [7, 11) is 0. The van der Waals surface area contributed by atoms with E-state index in [2.05, 4.69) is 20.4 Å². The molecule has 0 bridgehead atoms. The number of carbonyl (C=O) groups is 1. The first-order valence-corrected chi connectivity index (χ1v) is 12.8. The Morgan fingerprint density at radius 1 is 1.10 bits per heavy atom. The van der Waals surface area contributed by atoms with Gasteiger partial charge in [0.15, 0.2) is 5.16 Å². The first kappa shape index (κ1) is 22.0. The molecule has 1 fully saturated rings. The van der Waals surface area contributed by atoms with Crippen molar-refractivity contribution in [1.82, 2.24) is 14.8 Å². The van der Waals surface area contributed by atoms with E-state index < -0.39 is 0 Å². The van der Waals surface area contributed by atoms with E-state index in [-0.39, 0.29) is 5.91 Å². The molecule has 31 heavy (non-hydrogen) atoms. The second kappa shape index (κ2) is 10.4. The van der Waals surface area contributed by atoms with Crippen molar-refractivity contribution in [3.8, 4) is 5.69 Å². The summed E-state index contributed by atoms with van der Waals surface area (Å²) in [6.45, 7) is 1.93. The maximum atomic E-state index is 12.5. The smallest absolute Gasteiger partial charge is 0.232 e. The van der Waals surface area contributed by atoms with Crippen molar-refractivity contribution in [2.24, 2.45) is 0 Å². The number of halogens is 1. The molecule has 1 saturated heterocycles. The van der Waals surface area contributed by atoms with E-state index >= 15 is 0 Å². The minimum Gasteiger partial charge on any atom is -0.341 e. The van der Waals surface area contributed by atoms with Crippen LogP contribution in [0.15, 0.2) is 58.6 Å². The maximum Gasteiger partial charge on any atom is 0.232 e.